The van der Waals surface area contributed by atoms with E-state index in [0.717, 1.165) is 0 Å². The summed E-state index contributed by atoms with van der Waals surface area (Å²) in [6, 6.07) is 0. The second-order valence-electron chi connectivity index (χ2n) is 5.15. The molecule has 0 aromatic carbocycles. The van der Waals surface area contributed by atoms with Gasteiger partial charge >= 0.3 is 5.97 Å². The van der Waals surface area contributed by atoms with Crippen LogP contribution in [-0.2, 0) is 22.5 Å². The highest BCUT2D eigenvalue weighted by Gasteiger charge is 2.22. The Kier molecular flexibility index (Phi) is 5.66. The van der Waals surface area contributed by atoms with Crippen molar-refractivity contribution in [2.75, 3.05) is 20.7 Å². The van der Waals surface area contributed by atoms with Crippen LogP contribution in [0.4, 0.5) is 0 Å². The first-order chi connectivity index (χ1) is 9.36. The molecule has 1 heterocycles. The predicted octanol–water partition coefficient (Wildman–Crippen LogP) is 0.741. The summed E-state index contributed by atoms with van der Waals surface area (Å²) in [5, 5.41) is 7.78. The summed E-state index contributed by atoms with van der Waals surface area (Å²) in [7, 11) is 3.35. The van der Waals surface area contributed by atoms with E-state index in [1.54, 1.807) is 21.0 Å². The lowest BCUT2D eigenvalue weighted by Crippen LogP contribution is -2.28. The van der Waals surface area contributed by atoms with Gasteiger partial charge in [0.25, 0.3) is 0 Å². The van der Waals surface area contributed by atoms with Gasteiger partial charge in [-0.05, 0) is 19.3 Å². The van der Waals surface area contributed by atoms with Gasteiger partial charge in [-0.2, -0.15) is 0 Å². The van der Waals surface area contributed by atoms with Crippen LogP contribution in [0.15, 0.2) is 0 Å². The molecule has 112 valence electrons. The van der Waals surface area contributed by atoms with Crippen LogP contribution in [0.1, 0.15) is 37.0 Å². The fourth-order valence-corrected chi connectivity index (χ4v) is 1.68. The molecule has 0 aliphatic rings. The molecule has 0 spiro atoms. The largest absolute Gasteiger partial charge is 0.461 e. The molecule has 0 N–H and O–H groups in total. The molecule has 0 radical (unpaired) electrons. The molecule has 1 aromatic rings. The number of esters is 1. The number of amides is 1. The molecule has 0 unspecified atom stereocenters. The highest BCUT2D eigenvalue weighted by Crippen LogP contribution is 2.13. The molecule has 1 rings (SSSR count). The molecule has 0 fully saturated rings. The lowest BCUT2D eigenvalue weighted by Gasteiger charge is -2.13. The van der Waals surface area contributed by atoms with E-state index in [9.17, 15) is 9.59 Å². The first kappa shape index (κ1) is 16.1. The maximum absolute atomic E-state index is 11.8. The second-order valence-corrected chi connectivity index (χ2v) is 5.15. The zero-order valence-corrected chi connectivity index (χ0v) is 12.7. The van der Waals surface area contributed by atoms with Gasteiger partial charge in [0.05, 0.1) is 12.3 Å². The minimum absolute atomic E-state index is 0.0709. The van der Waals surface area contributed by atoms with Crippen LogP contribution in [0.2, 0.25) is 0 Å². The third kappa shape index (κ3) is 4.04. The smallest absolute Gasteiger partial charge is 0.360 e. The molecule has 0 aliphatic heterocycles. The van der Waals surface area contributed by atoms with Gasteiger partial charge in [-0.1, -0.05) is 19.1 Å². The van der Waals surface area contributed by atoms with Gasteiger partial charge in [0.2, 0.25) is 5.91 Å². The average Bonchev–Trinajstić information content (AvgIpc) is 2.72. The summed E-state index contributed by atoms with van der Waals surface area (Å²) in [4.78, 5) is 25.1. The number of aromatic nitrogens is 3. The topological polar surface area (TPSA) is 77.3 Å². The maximum Gasteiger partial charge on any atom is 0.360 e. The Morgan fingerprint density at radius 2 is 2.00 bits per heavy atom. The summed E-state index contributed by atoms with van der Waals surface area (Å²) in [5.41, 5.74) is 0.848. The zero-order chi connectivity index (χ0) is 15.3. The van der Waals surface area contributed by atoms with Gasteiger partial charge in [0.1, 0.15) is 6.54 Å². The van der Waals surface area contributed by atoms with Crippen molar-refractivity contribution in [2.24, 2.45) is 5.92 Å². The van der Waals surface area contributed by atoms with E-state index in [1.807, 2.05) is 13.8 Å². The van der Waals surface area contributed by atoms with E-state index >= 15 is 0 Å². The van der Waals surface area contributed by atoms with E-state index in [1.165, 1.54) is 9.58 Å². The summed E-state index contributed by atoms with van der Waals surface area (Å²) in [5.74, 6) is -0.281. The number of carbonyl (C=O) groups excluding carboxylic acids is 2. The molecular formula is C13H22N4O3. The number of ether oxygens (including phenoxy) is 1. The molecule has 20 heavy (non-hydrogen) atoms. The normalized spacial score (nSPS) is 10.7. The molecule has 7 heteroatoms. The second kappa shape index (κ2) is 7.02. The lowest BCUT2D eigenvalue weighted by molar-refractivity contribution is -0.129. The van der Waals surface area contributed by atoms with E-state index < -0.39 is 5.97 Å². The fraction of sp³-hybridized carbons (Fsp3) is 0.692. The van der Waals surface area contributed by atoms with Crippen LogP contribution in [0.3, 0.4) is 0 Å². The highest BCUT2D eigenvalue weighted by atomic mass is 16.5. The standard InChI is InChI=1S/C13H22N4O3/c1-6-20-13(19)12-10(7-9(2)3)17(15-14-12)8-11(18)16(4)5/h9H,6-8H2,1-5H3. The number of carbonyl (C=O) groups is 2. The highest BCUT2D eigenvalue weighted by molar-refractivity contribution is 5.88. The van der Waals surface area contributed by atoms with E-state index in [0.29, 0.717) is 18.0 Å². The molecule has 0 atom stereocenters. The Labute approximate surface area is 118 Å². The maximum atomic E-state index is 11.8. The van der Waals surface area contributed by atoms with Crippen LogP contribution in [0.25, 0.3) is 0 Å². The van der Waals surface area contributed by atoms with Crippen LogP contribution in [0.5, 0.6) is 0 Å². The summed E-state index contributed by atoms with van der Waals surface area (Å²) in [6.45, 7) is 6.14. The number of rotatable bonds is 6. The molecule has 7 nitrogen and oxygen atoms in total. The first-order valence-corrected chi connectivity index (χ1v) is 6.66. The fourth-order valence-electron chi connectivity index (χ4n) is 1.68. The molecule has 1 aromatic heterocycles. The molecule has 1 amide bonds. The van der Waals surface area contributed by atoms with Crippen LogP contribution in [-0.4, -0.2) is 52.5 Å². The average molecular weight is 282 g/mol. The van der Waals surface area contributed by atoms with Gasteiger partial charge in [-0.25, -0.2) is 9.48 Å². The molecular weight excluding hydrogens is 260 g/mol. The third-order valence-electron chi connectivity index (χ3n) is 2.69. The third-order valence-corrected chi connectivity index (χ3v) is 2.69. The SMILES string of the molecule is CCOC(=O)c1nnn(CC(=O)N(C)C)c1CC(C)C. The van der Waals surface area contributed by atoms with Crippen molar-refractivity contribution in [1.29, 1.82) is 0 Å². The first-order valence-electron chi connectivity index (χ1n) is 6.66. The van der Waals surface area contributed by atoms with Crippen LogP contribution < -0.4 is 0 Å². The van der Waals surface area contributed by atoms with Crippen molar-refractivity contribution >= 4 is 11.9 Å². The zero-order valence-electron chi connectivity index (χ0n) is 12.7. The van der Waals surface area contributed by atoms with Crippen molar-refractivity contribution in [2.45, 2.75) is 33.7 Å². The minimum Gasteiger partial charge on any atom is -0.461 e. The Hall–Kier alpha value is -1.92. The van der Waals surface area contributed by atoms with Crippen molar-refractivity contribution in [3.8, 4) is 0 Å². The summed E-state index contributed by atoms with van der Waals surface area (Å²) >= 11 is 0. The quantitative estimate of drug-likeness (QED) is 0.719. The predicted molar refractivity (Wildman–Crippen MR) is 73.2 cm³/mol. The van der Waals surface area contributed by atoms with Gasteiger partial charge in [-0.3, -0.25) is 4.79 Å². The van der Waals surface area contributed by atoms with E-state index in [4.69, 9.17) is 4.74 Å². The van der Waals surface area contributed by atoms with Crippen LogP contribution in [0, 0.1) is 5.92 Å². The molecule has 0 saturated carbocycles. The molecule has 0 aliphatic carbocycles. The van der Waals surface area contributed by atoms with Crippen molar-refractivity contribution in [3.63, 3.8) is 0 Å². The van der Waals surface area contributed by atoms with Gasteiger partial charge in [0, 0.05) is 14.1 Å². The molecule has 0 bridgehead atoms. The monoisotopic (exact) mass is 282 g/mol. The van der Waals surface area contributed by atoms with Gasteiger partial charge in [0.15, 0.2) is 5.69 Å². The molecule has 0 saturated heterocycles. The summed E-state index contributed by atoms with van der Waals surface area (Å²) in [6.07, 6.45) is 0.613. The van der Waals surface area contributed by atoms with E-state index in [2.05, 4.69) is 10.3 Å². The van der Waals surface area contributed by atoms with Crippen LogP contribution >= 0.6 is 0 Å². The number of hydrogen-bond acceptors (Lipinski definition) is 5. The summed E-state index contributed by atoms with van der Waals surface area (Å²) < 4.78 is 6.45. The Morgan fingerprint density at radius 3 is 2.50 bits per heavy atom. The van der Waals surface area contributed by atoms with Crippen molar-refractivity contribution in [3.05, 3.63) is 11.4 Å². The van der Waals surface area contributed by atoms with Gasteiger partial charge < -0.3 is 9.64 Å². The van der Waals surface area contributed by atoms with Crippen molar-refractivity contribution < 1.29 is 14.3 Å². The van der Waals surface area contributed by atoms with E-state index in [-0.39, 0.29) is 24.8 Å². The minimum atomic E-state index is -0.494. The van der Waals surface area contributed by atoms with Crippen molar-refractivity contribution in [1.82, 2.24) is 19.9 Å². The number of nitrogens with zero attached hydrogens (tertiary/aromatic N) is 4. The Bertz CT molecular complexity index is 480. The van der Waals surface area contributed by atoms with Gasteiger partial charge in [-0.15, -0.1) is 5.10 Å². The number of hydrogen-bond donors (Lipinski definition) is 0. The Morgan fingerprint density at radius 1 is 1.35 bits per heavy atom. The Balaban J connectivity index is 3.05. The lowest BCUT2D eigenvalue weighted by atomic mass is 10.1. The number of likely N-dealkylation sites (N-methyl/N-ethyl adjacent to an activating group) is 1.